The molecule has 4 nitrogen and oxygen atoms in total. The lowest BCUT2D eigenvalue weighted by Crippen LogP contribution is -2.41. The van der Waals surface area contributed by atoms with Gasteiger partial charge in [-0.05, 0) is 18.2 Å². The Morgan fingerprint density at radius 2 is 2.00 bits per heavy atom. The Morgan fingerprint density at radius 3 is 2.53 bits per heavy atom. The molecule has 104 valence electrons. The molecular weight excluding hydrogens is 288 g/mol. The van der Waals surface area contributed by atoms with E-state index in [9.17, 15) is 26.0 Å². The number of nitrogens with one attached hydrogen (secondary N) is 1. The molecule has 1 rings (SSSR count). The molecular formula is C10H8F4N2O2S. The number of hydrogen-bond donors (Lipinski definition) is 1. The van der Waals surface area contributed by atoms with Crippen LogP contribution in [0, 0.1) is 11.3 Å². The Balaban J connectivity index is 2.91. The molecule has 0 aliphatic carbocycles. The molecule has 9 heteroatoms. The molecule has 1 aromatic rings. The maximum Gasteiger partial charge on any atom is 0.320 e. The largest absolute Gasteiger partial charge is 0.320 e. The minimum atomic E-state index is -4.46. The predicted molar refractivity (Wildman–Crippen MR) is 57.3 cm³/mol. The van der Waals surface area contributed by atoms with Crippen molar-refractivity contribution < 1.29 is 26.0 Å². The van der Waals surface area contributed by atoms with Crippen LogP contribution in [-0.2, 0) is 10.0 Å². The van der Waals surface area contributed by atoms with Gasteiger partial charge in [0.1, 0.15) is 0 Å². The number of halogens is 4. The van der Waals surface area contributed by atoms with Crippen LogP contribution in [0.3, 0.4) is 0 Å². The lowest BCUT2D eigenvalue weighted by atomic mass is 10.2. The third-order valence-electron chi connectivity index (χ3n) is 2.09. The van der Waals surface area contributed by atoms with E-state index in [0.29, 0.717) is 0 Å². The third-order valence-corrected chi connectivity index (χ3v) is 3.49. The maximum atomic E-state index is 12.6. The van der Waals surface area contributed by atoms with Crippen LogP contribution >= 0.6 is 0 Å². The summed E-state index contributed by atoms with van der Waals surface area (Å²) in [7, 11) is -4.37. The molecule has 0 saturated heterocycles. The molecule has 19 heavy (non-hydrogen) atoms. The highest BCUT2D eigenvalue weighted by Gasteiger charge is 2.41. The summed E-state index contributed by atoms with van der Waals surface area (Å²) in [5.41, 5.74) is 0.00324. The van der Waals surface area contributed by atoms with Gasteiger partial charge in [-0.25, -0.2) is 21.9 Å². The molecule has 0 aliphatic heterocycles. The van der Waals surface area contributed by atoms with Gasteiger partial charge in [-0.15, -0.1) is 0 Å². The van der Waals surface area contributed by atoms with E-state index in [-0.39, 0.29) is 5.56 Å². The Hall–Kier alpha value is -1.66. The zero-order valence-corrected chi connectivity index (χ0v) is 10.1. The molecule has 1 aromatic carbocycles. The molecule has 0 heterocycles. The van der Waals surface area contributed by atoms with E-state index < -0.39 is 33.8 Å². The fourth-order valence-electron chi connectivity index (χ4n) is 1.08. The first kappa shape index (κ1) is 15.4. The second-order valence-electron chi connectivity index (χ2n) is 3.53. The second-order valence-corrected chi connectivity index (χ2v) is 5.29. The van der Waals surface area contributed by atoms with Gasteiger partial charge in [0.2, 0.25) is 10.0 Å². The summed E-state index contributed by atoms with van der Waals surface area (Å²) < 4.78 is 73.5. The van der Waals surface area contributed by atoms with Crippen LogP contribution in [-0.4, -0.2) is 27.3 Å². The van der Waals surface area contributed by atoms with Crippen molar-refractivity contribution in [2.45, 2.75) is 17.2 Å². The smallest absolute Gasteiger partial charge is 0.207 e. The standard InChI is InChI=1S/C10H8F4N2O2S/c11-9(12)10(13,14)6-16-19(17,18)8-3-1-2-7(4-8)5-15/h1-4,9,16H,6H2. The van der Waals surface area contributed by atoms with Crippen LogP contribution in [0.2, 0.25) is 0 Å². The van der Waals surface area contributed by atoms with Gasteiger partial charge in [0.05, 0.1) is 23.1 Å². The van der Waals surface area contributed by atoms with Gasteiger partial charge >= 0.3 is 12.3 Å². The van der Waals surface area contributed by atoms with Gasteiger partial charge in [-0.1, -0.05) is 6.07 Å². The van der Waals surface area contributed by atoms with Crippen LogP contribution in [0.5, 0.6) is 0 Å². The Kier molecular flexibility index (Phi) is 4.49. The first-order valence-electron chi connectivity index (χ1n) is 4.85. The Morgan fingerprint density at radius 1 is 1.37 bits per heavy atom. The summed E-state index contributed by atoms with van der Waals surface area (Å²) in [6.45, 7) is -1.72. The highest BCUT2D eigenvalue weighted by atomic mass is 32.2. The van der Waals surface area contributed by atoms with Crippen molar-refractivity contribution in [3.8, 4) is 6.07 Å². The van der Waals surface area contributed by atoms with E-state index in [1.807, 2.05) is 0 Å². The van der Waals surface area contributed by atoms with Crippen molar-refractivity contribution in [2.75, 3.05) is 6.54 Å². The second kappa shape index (κ2) is 5.54. The molecule has 0 aromatic heterocycles. The van der Waals surface area contributed by atoms with E-state index >= 15 is 0 Å². The predicted octanol–water partition coefficient (Wildman–Crippen LogP) is 1.74. The zero-order valence-electron chi connectivity index (χ0n) is 9.28. The molecule has 0 aliphatic rings. The van der Waals surface area contributed by atoms with E-state index in [0.717, 1.165) is 12.1 Å². The number of benzene rings is 1. The summed E-state index contributed by atoms with van der Waals surface area (Å²) in [6.07, 6.45) is -3.97. The van der Waals surface area contributed by atoms with Crippen LogP contribution in [0.25, 0.3) is 0 Å². The van der Waals surface area contributed by atoms with Gasteiger partial charge in [0, 0.05) is 0 Å². The van der Waals surface area contributed by atoms with Crippen molar-refractivity contribution in [2.24, 2.45) is 0 Å². The average Bonchev–Trinajstić information content (AvgIpc) is 2.36. The van der Waals surface area contributed by atoms with Crippen LogP contribution < -0.4 is 4.72 Å². The van der Waals surface area contributed by atoms with E-state index in [2.05, 4.69) is 0 Å². The highest BCUT2D eigenvalue weighted by molar-refractivity contribution is 7.89. The number of rotatable bonds is 5. The van der Waals surface area contributed by atoms with Crippen molar-refractivity contribution in [3.05, 3.63) is 29.8 Å². The minimum absolute atomic E-state index is 0.00324. The molecule has 0 spiro atoms. The van der Waals surface area contributed by atoms with Gasteiger partial charge in [-0.2, -0.15) is 14.0 Å². The maximum absolute atomic E-state index is 12.6. The van der Waals surface area contributed by atoms with Crippen molar-refractivity contribution in [3.63, 3.8) is 0 Å². The van der Waals surface area contributed by atoms with Crippen LogP contribution in [0.15, 0.2) is 29.2 Å². The van der Waals surface area contributed by atoms with E-state index in [4.69, 9.17) is 5.26 Å². The Bertz CT molecular complexity index is 596. The summed E-state index contributed by atoms with van der Waals surface area (Å²) in [4.78, 5) is -0.448. The minimum Gasteiger partial charge on any atom is -0.207 e. The fourth-order valence-corrected chi connectivity index (χ4v) is 2.17. The summed E-state index contributed by atoms with van der Waals surface area (Å²) in [5, 5.41) is 8.58. The van der Waals surface area contributed by atoms with Gasteiger partial charge in [-0.3, -0.25) is 0 Å². The summed E-state index contributed by atoms with van der Waals surface area (Å²) in [5.74, 6) is -4.46. The molecule has 0 radical (unpaired) electrons. The van der Waals surface area contributed by atoms with E-state index in [1.165, 1.54) is 16.9 Å². The fraction of sp³-hybridized carbons (Fsp3) is 0.300. The number of nitrogens with zero attached hydrogens (tertiary/aromatic N) is 1. The first-order valence-corrected chi connectivity index (χ1v) is 6.33. The van der Waals surface area contributed by atoms with Gasteiger partial charge in [0.25, 0.3) is 0 Å². The lowest BCUT2D eigenvalue weighted by Gasteiger charge is -2.15. The normalized spacial score (nSPS) is 12.4. The van der Waals surface area contributed by atoms with Gasteiger partial charge in [0.15, 0.2) is 0 Å². The molecule has 0 saturated carbocycles. The molecule has 0 bridgehead atoms. The lowest BCUT2D eigenvalue weighted by molar-refractivity contribution is -0.122. The Labute approximate surface area is 106 Å². The molecule has 0 unspecified atom stereocenters. The third kappa shape index (κ3) is 3.90. The molecule has 0 fully saturated rings. The van der Waals surface area contributed by atoms with Gasteiger partial charge < -0.3 is 0 Å². The number of alkyl halides is 4. The monoisotopic (exact) mass is 296 g/mol. The summed E-state index contributed by atoms with van der Waals surface area (Å²) >= 11 is 0. The molecule has 1 N–H and O–H groups in total. The first-order chi connectivity index (χ1) is 8.69. The molecule has 0 amide bonds. The topological polar surface area (TPSA) is 70.0 Å². The number of nitriles is 1. The van der Waals surface area contributed by atoms with Crippen molar-refractivity contribution >= 4 is 10.0 Å². The number of sulfonamides is 1. The zero-order chi connectivity index (χ0) is 14.7. The van der Waals surface area contributed by atoms with Crippen LogP contribution in [0.4, 0.5) is 17.6 Å². The quantitative estimate of drug-likeness (QED) is 0.841. The van der Waals surface area contributed by atoms with E-state index in [1.54, 1.807) is 6.07 Å². The van der Waals surface area contributed by atoms with Crippen molar-refractivity contribution in [1.82, 2.24) is 4.72 Å². The molecule has 0 atom stereocenters. The van der Waals surface area contributed by atoms with Crippen molar-refractivity contribution in [1.29, 1.82) is 5.26 Å². The van der Waals surface area contributed by atoms with Crippen LogP contribution in [0.1, 0.15) is 5.56 Å². The average molecular weight is 296 g/mol. The SMILES string of the molecule is N#Cc1cccc(S(=O)(=O)NCC(F)(F)C(F)F)c1. The summed E-state index contributed by atoms with van der Waals surface area (Å²) in [6, 6.07) is 6.22. The number of hydrogen-bond acceptors (Lipinski definition) is 3. The highest BCUT2D eigenvalue weighted by Crippen LogP contribution is 2.22.